The molecule has 10 heavy (non-hydrogen) atoms. The summed E-state index contributed by atoms with van der Waals surface area (Å²) in [7, 11) is 0. The van der Waals surface area contributed by atoms with Crippen LogP contribution in [0.5, 0.6) is 5.19 Å². The summed E-state index contributed by atoms with van der Waals surface area (Å²) in [4.78, 5) is 13.8. The molecule has 5 heteroatoms. The summed E-state index contributed by atoms with van der Waals surface area (Å²) in [6, 6.07) is 0. The Morgan fingerprint density at radius 3 is 3.10 bits per heavy atom. The third-order valence-corrected chi connectivity index (χ3v) is 1.44. The summed E-state index contributed by atoms with van der Waals surface area (Å²) >= 11 is 1.08. The van der Waals surface area contributed by atoms with E-state index in [-0.39, 0.29) is 5.82 Å². The van der Waals surface area contributed by atoms with Gasteiger partial charge in [0.15, 0.2) is 6.29 Å². The first kappa shape index (κ1) is 7.14. The van der Waals surface area contributed by atoms with E-state index in [1.54, 1.807) is 0 Å². The Kier molecular flexibility index (Phi) is 2.33. The van der Waals surface area contributed by atoms with Crippen molar-refractivity contribution in [2.45, 2.75) is 6.92 Å². The number of hydrogen-bond acceptors (Lipinski definition) is 5. The highest BCUT2D eigenvalue weighted by molar-refractivity contribution is 7.07. The first-order valence-corrected chi connectivity index (χ1v) is 3.56. The highest BCUT2D eigenvalue weighted by Crippen LogP contribution is 2.11. The number of hydrogen-bond donors (Lipinski definition) is 0. The van der Waals surface area contributed by atoms with Gasteiger partial charge in [0.25, 0.3) is 5.19 Å². The van der Waals surface area contributed by atoms with Crippen LogP contribution >= 0.6 is 11.5 Å². The zero-order chi connectivity index (χ0) is 7.40. The minimum Gasteiger partial charge on any atom is -0.469 e. The third kappa shape index (κ3) is 1.51. The predicted molar refractivity (Wildman–Crippen MR) is 36.5 cm³/mol. The second-order valence-electron chi connectivity index (χ2n) is 1.47. The fourth-order valence-corrected chi connectivity index (χ4v) is 1.01. The van der Waals surface area contributed by atoms with Crippen LogP contribution in [0.25, 0.3) is 0 Å². The van der Waals surface area contributed by atoms with Gasteiger partial charge in [0.05, 0.1) is 6.61 Å². The monoisotopic (exact) mass is 158 g/mol. The van der Waals surface area contributed by atoms with Crippen LogP contribution in [0.15, 0.2) is 0 Å². The van der Waals surface area contributed by atoms with Crippen LogP contribution in [0.3, 0.4) is 0 Å². The van der Waals surface area contributed by atoms with Gasteiger partial charge in [0, 0.05) is 11.5 Å². The Labute approximate surface area is 62.0 Å². The molecule has 0 aliphatic heterocycles. The van der Waals surface area contributed by atoms with E-state index in [1.165, 1.54) is 0 Å². The summed E-state index contributed by atoms with van der Waals surface area (Å²) < 4.78 is 8.67. The molecule has 0 fully saturated rings. The smallest absolute Gasteiger partial charge is 0.293 e. The Morgan fingerprint density at radius 2 is 2.60 bits per heavy atom. The molecular weight excluding hydrogens is 152 g/mol. The van der Waals surface area contributed by atoms with E-state index in [2.05, 4.69) is 9.36 Å². The molecule has 0 aliphatic carbocycles. The van der Waals surface area contributed by atoms with Crippen molar-refractivity contribution in [1.29, 1.82) is 0 Å². The van der Waals surface area contributed by atoms with Crippen LogP contribution < -0.4 is 4.74 Å². The second kappa shape index (κ2) is 3.26. The Hall–Kier alpha value is -0.970. The van der Waals surface area contributed by atoms with Gasteiger partial charge in [0.1, 0.15) is 0 Å². The molecule has 0 unspecified atom stereocenters. The van der Waals surface area contributed by atoms with Crippen LogP contribution in [0.1, 0.15) is 17.5 Å². The summed E-state index contributed by atoms with van der Waals surface area (Å²) in [5.41, 5.74) is 0. The Morgan fingerprint density at radius 1 is 1.80 bits per heavy atom. The number of rotatable bonds is 3. The molecule has 0 amide bonds. The van der Waals surface area contributed by atoms with Crippen molar-refractivity contribution in [2.75, 3.05) is 6.61 Å². The molecule has 1 heterocycles. The minimum atomic E-state index is 0.188. The molecule has 1 rings (SSSR count). The van der Waals surface area contributed by atoms with Crippen molar-refractivity contribution in [1.82, 2.24) is 9.36 Å². The second-order valence-corrected chi connectivity index (χ2v) is 2.18. The van der Waals surface area contributed by atoms with Crippen molar-refractivity contribution < 1.29 is 9.53 Å². The highest BCUT2D eigenvalue weighted by atomic mass is 32.1. The van der Waals surface area contributed by atoms with Gasteiger partial charge >= 0.3 is 0 Å². The van der Waals surface area contributed by atoms with Crippen LogP contribution in [-0.4, -0.2) is 22.3 Å². The molecular formula is C5H6N2O2S. The molecule has 0 saturated heterocycles. The number of nitrogens with zero attached hydrogens (tertiary/aromatic N) is 2. The maximum absolute atomic E-state index is 10.1. The van der Waals surface area contributed by atoms with E-state index < -0.39 is 0 Å². The van der Waals surface area contributed by atoms with Crippen LogP contribution in [0, 0.1) is 0 Å². The fourth-order valence-electron chi connectivity index (χ4n) is 0.450. The summed E-state index contributed by atoms with van der Waals surface area (Å²) in [6.45, 7) is 2.40. The van der Waals surface area contributed by atoms with Gasteiger partial charge in [0.2, 0.25) is 5.82 Å². The third-order valence-electron chi connectivity index (χ3n) is 0.796. The normalized spacial score (nSPS) is 9.30. The number of ether oxygens (including phenoxy) is 1. The molecule has 1 aromatic rings. The van der Waals surface area contributed by atoms with Gasteiger partial charge in [-0.25, -0.2) is 0 Å². The quantitative estimate of drug-likeness (QED) is 0.609. The molecule has 0 N–H and O–H groups in total. The average Bonchev–Trinajstić information content (AvgIpc) is 2.37. The first-order chi connectivity index (χ1) is 4.86. The number of aromatic nitrogens is 2. The lowest BCUT2D eigenvalue weighted by molar-refractivity contribution is 0.111. The van der Waals surface area contributed by atoms with Crippen molar-refractivity contribution >= 4 is 17.8 Å². The van der Waals surface area contributed by atoms with E-state index in [1.807, 2.05) is 6.92 Å². The van der Waals surface area contributed by atoms with Crippen LogP contribution in [0.2, 0.25) is 0 Å². The summed E-state index contributed by atoms with van der Waals surface area (Å²) in [6.07, 6.45) is 0.596. The maximum Gasteiger partial charge on any atom is 0.293 e. The lowest BCUT2D eigenvalue weighted by Crippen LogP contribution is -1.90. The first-order valence-electron chi connectivity index (χ1n) is 2.78. The molecule has 0 aromatic carbocycles. The van der Waals surface area contributed by atoms with Crippen molar-refractivity contribution in [2.24, 2.45) is 0 Å². The molecule has 0 atom stereocenters. The fraction of sp³-hybridized carbons (Fsp3) is 0.400. The van der Waals surface area contributed by atoms with Crippen molar-refractivity contribution in [3.63, 3.8) is 0 Å². The Balaban J connectivity index is 2.68. The van der Waals surface area contributed by atoms with Gasteiger partial charge in [-0.05, 0) is 6.92 Å². The van der Waals surface area contributed by atoms with Gasteiger partial charge in [-0.1, -0.05) is 0 Å². The molecule has 0 bridgehead atoms. The van der Waals surface area contributed by atoms with Crippen LogP contribution in [-0.2, 0) is 0 Å². The molecule has 0 saturated carbocycles. The largest absolute Gasteiger partial charge is 0.469 e. The standard InChI is InChI=1S/C5H6N2O2S/c1-2-9-5-6-4(3-8)7-10-5/h3H,2H2,1H3. The Bertz CT molecular complexity index is 223. The van der Waals surface area contributed by atoms with Crippen LogP contribution in [0.4, 0.5) is 0 Å². The van der Waals surface area contributed by atoms with E-state index >= 15 is 0 Å². The zero-order valence-corrected chi connectivity index (χ0v) is 6.22. The van der Waals surface area contributed by atoms with E-state index in [0.717, 1.165) is 11.5 Å². The number of carbonyl (C=O) groups excluding carboxylic acids is 1. The molecule has 54 valence electrons. The van der Waals surface area contributed by atoms with Gasteiger partial charge < -0.3 is 4.74 Å². The van der Waals surface area contributed by atoms with Crippen molar-refractivity contribution in [3.05, 3.63) is 5.82 Å². The summed E-state index contributed by atoms with van der Waals surface area (Å²) in [5, 5.41) is 0.449. The lowest BCUT2D eigenvalue weighted by atomic mass is 10.7. The maximum atomic E-state index is 10.1. The summed E-state index contributed by atoms with van der Waals surface area (Å²) in [5.74, 6) is 0.188. The van der Waals surface area contributed by atoms with E-state index in [4.69, 9.17) is 4.74 Å². The van der Waals surface area contributed by atoms with Gasteiger partial charge in [-0.2, -0.15) is 9.36 Å². The SMILES string of the molecule is CCOc1nc(C=O)ns1. The highest BCUT2D eigenvalue weighted by Gasteiger charge is 2.00. The van der Waals surface area contributed by atoms with E-state index in [0.29, 0.717) is 18.1 Å². The van der Waals surface area contributed by atoms with Crippen molar-refractivity contribution in [3.8, 4) is 5.19 Å². The van der Waals surface area contributed by atoms with E-state index in [9.17, 15) is 4.79 Å². The average molecular weight is 158 g/mol. The van der Waals surface area contributed by atoms with Gasteiger partial charge in [-0.15, -0.1) is 0 Å². The predicted octanol–water partition coefficient (Wildman–Crippen LogP) is 0.749. The zero-order valence-electron chi connectivity index (χ0n) is 5.40. The number of carbonyl (C=O) groups is 1. The molecule has 1 aromatic heterocycles. The topological polar surface area (TPSA) is 52.1 Å². The molecule has 0 aliphatic rings. The van der Waals surface area contributed by atoms with Gasteiger partial charge in [-0.3, -0.25) is 4.79 Å². The molecule has 0 radical (unpaired) electrons. The lowest BCUT2D eigenvalue weighted by Gasteiger charge is -1.90. The minimum absolute atomic E-state index is 0.188. The molecule has 0 spiro atoms. The molecule has 4 nitrogen and oxygen atoms in total. The number of aldehydes is 1.